The highest BCUT2D eigenvalue weighted by Crippen LogP contribution is 2.32. The minimum Gasteiger partial charge on any atom is -0.463 e. The summed E-state index contributed by atoms with van der Waals surface area (Å²) in [6.45, 7) is 2.27. The number of rotatable bonds is 7. The first-order valence-corrected chi connectivity index (χ1v) is 7.76. The van der Waals surface area contributed by atoms with Crippen molar-refractivity contribution in [3.8, 4) is 11.5 Å². The molecule has 0 saturated carbocycles. The van der Waals surface area contributed by atoms with Gasteiger partial charge in [-0.25, -0.2) is 4.99 Å². The Kier molecular flexibility index (Phi) is 6.83. The molecule has 2 N–H and O–H groups in total. The average molecular weight is 338 g/mol. The lowest BCUT2D eigenvalue weighted by Crippen LogP contribution is -3.06. The van der Waals surface area contributed by atoms with Crippen molar-refractivity contribution in [1.29, 1.82) is 0 Å². The number of amidine groups is 1. The maximum atomic E-state index is 12.4. The van der Waals surface area contributed by atoms with Crippen LogP contribution in [0.25, 0.3) is 0 Å². The number of carbonyl (C=O) groups excluding carboxylic acids is 1. The molecule has 0 saturated heterocycles. The predicted molar refractivity (Wildman–Crippen MR) is 87.8 cm³/mol. The van der Waals surface area contributed by atoms with Crippen LogP contribution < -0.4 is 19.7 Å². The predicted octanol–water partition coefficient (Wildman–Crippen LogP) is -0.691. The number of quaternary nitrogens is 1. The van der Waals surface area contributed by atoms with Gasteiger partial charge in [-0.3, -0.25) is 10.1 Å². The molecule has 0 fully saturated rings. The largest absolute Gasteiger partial charge is 0.463 e. The second-order valence-electron chi connectivity index (χ2n) is 5.51. The van der Waals surface area contributed by atoms with Gasteiger partial charge in [0.2, 0.25) is 6.79 Å². The topological polar surface area (TPSA) is 82.8 Å². The monoisotopic (exact) mass is 338 g/mol. The number of nitrogens with zero attached hydrogens (tertiary/aromatic N) is 1. The molecule has 132 valence electrons. The summed E-state index contributed by atoms with van der Waals surface area (Å²) in [6.07, 6.45) is 0. The first-order chi connectivity index (χ1) is 11.6. The van der Waals surface area contributed by atoms with Crippen molar-refractivity contribution in [2.24, 2.45) is 4.99 Å². The molecule has 24 heavy (non-hydrogen) atoms. The molecule has 2 rings (SSSR count). The quantitative estimate of drug-likeness (QED) is 0.391. The summed E-state index contributed by atoms with van der Waals surface area (Å²) < 4.78 is 20.9. The number of benzene rings is 1. The second kappa shape index (κ2) is 9.09. The number of hydrogen-bond acceptors (Lipinski definition) is 6. The van der Waals surface area contributed by atoms with E-state index in [1.54, 1.807) is 25.3 Å². The Hall–Kier alpha value is -2.32. The van der Waals surface area contributed by atoms with Gasteiger partial charge in [-0.2, -0.15) is 0 Å². The highest BCUT2D eigenvalue weighted by atomic mass is 16.7. The van der Waals surface area contributed by atoms with Crippen molar-refractivity contribution in [2.75, 3.05) is 54.3 Å². The number of hydrogen-bond donors (Lipinski definition) is 2. The van der Waals surface area contributed by atoms with Gasteiger partial charge in [0.25, 0.3) is 11.9 Å². The summed E-state index contributed by atoms with van der Waals surface area (Å²) in [7, 11) is 5.65. The molecule has 0 bridgehead atoms. The van der Waals surface area contributed by atoms with Gasteiger partial charge in [-0.05, 0) is 18.2 Å². The van der Waals surface area contributed by atoms with E-state index >= 15 is 0 Å². The number of aliphatic imine (C=N–C) groups is 1. The van der Waals surface area contributed by atoms with Crippen LogP contribution in [0, 0.1) is 0 Å². The molecule has 1 aliphatic heterocycles. The molecule has 0 aromatic heterocycles. The fraction of sp³-hybridized carbons (Fsp3) is 0.500. The van der Waals surface area contributed by atoms with Crippen LogP contribution in [0.1, 0.15) is 10.4 Å². The number of nitrogens with one attached hydrogen (secondary N) is 2. The molecule has 0 aliphatic carbocycles. The summed E-state index contributed by atoms with van der Waals surface area (Å²) in [6, 6.07) is 5.19. The van der Waals surface area contributed by atoms with E-state index in [1.165, 1.54) is 4.90 Å². The molecule has 0 radical (unpaired) electrons. The van der Waals surface area contributed by atoms with Gasteiger partial charge in [0.1, 0.15) is 6.61 Å². The van der Waals surface area contributed by atoms with E-state index in [1.807, 2.05) is 14.1 Å². The first kappa shape index (κ1) is 18.0. The number of methoxy groups -OCH3 is 1. The fourth-order valence-corrected chi connectivity index (χ4v) is 1.93. The maximum Gasteiger partial charge on any atom is 0.291 e. The summed E-state index contributed by atoms with van der Waals surface area (Å²) in [4.78, 5) is 17.9. The minimum absolute atomic E-state index is 0.167. The van der Waals surface area contributed by atoms with Gasteiger partial charge in [0, 0.05) is 12.7 Å². The van der Waals surface area contributed by atoms with Gasteiger partial charge in [-0.15, -0.1) is 0 Å². The van der Waals surface area contributed by atoms with Crippen LogP contribution in [-0.4, -0.2) is 66.2 Å². The van der Waals surface area contributed by atoms with E-state index in [2.05, 4.69) is 10.3 Å². The molecule has 1 amide bonds. The Balaban J connectivity index is 1.99. The molecule has 1 aromatic rings. The van der Waals surface area contributed by atoms with E-state index in [0.717, 1.165) is 6.54 Å². The van der Waals surface area contributed by atoms with Crippen molar-refractivity contribution in [1.82, 2.24) is 5.32 Å². The summed E-state index contributed by atoms with van der Waals surface area (Å²) in [5.41, 5.74) is 0.445. The zero-order valence-corrected chi connectivity index (χ0v) is 14.3. The lowest BCUT2D eigenvalue weighted by Gasteiger charge is -2.11. The summed E-state index contributed by atoms with van der Waals surface area (Å²) in [5, 5.41) is 2.68. The third-order valence-corrected chi connectivity index (χ3v) is 3.25. The molecular weight excluding hydrogens is 314 g/mol. The molecule has 0 atom stereocenters. The minimum atomic E-state index is -0.318. The molecule has 1 aromatic carbocycles. The summed E-state index contributed by atoms with van der Waals surface area (Å²) >= 11 is 0. The van der Waals surface area contributed by atoms with Crippen LogP contribution in [-0.2, 0) is 9.47 Å². The summed E-state index contributed by atoms with van der Waals surface area (Å²) in [5.74, 6) is 0.866. The van der Waals surface area contributed by atoms with E-state index in [4.69, 9.17) is 18.9 Å². The zero-order valence-electron chi connectivity index (χ0n) is 14.3. The maximum absolute atomic E-state index is 12.4. The lowest BCUT2D eigenvalue weighted by molar-refractivity contribution is -0.856. The number of ether oxygens (including phenoxy) is 4. The van der Waals surface area contributed by atoms with Crippen LogP contribution in [0.2, 0.25) is 0 Å². The Morgan fingerprint density at radius 3 is 2.83 bits per heavy atom. The molecule has 8 nitrogen and oxygen atoms in total. The van der Waals surface area contributed by atoms with E-state index in [0.29, 0.717) is 36.8 Å². The van der Waals surface area contributed by atoms with E-state index in [9.17, 15) is 4.79 Å². The van der Waals surface area contributed by atoms with Crippen molar-refractivity contribution in [3.63, 3.8) is 0 Å². The van der Waals surface area contributed by atoms with Gasteiger partial charge in [0.05, 0.1) is 33.8 Å². The Bertz CT molecular complexity index is 589. The van der Waals surface area contributed by atoms with E-state index < -0.39 is 0 Å². The van der Waals surface area contributed by atoms with Crippen molar-refractivity contribution in [2.45, 2.75) is 0 Å². The van der Waals surface area contributed by atoms with E-state index in [-0.39, 0.29) is 18.7 Å². The van der Waals surface area contributed by atoms with Crippen molar-refractivity contribution >= 4 is 11.9 Å². The average Bonchev–Trinajstić information content (AvgIpc) is 3.02. The first-order valence-electron chi connectivity index (χ1n) is 7.76. The highest BCUT2D eigenvalue weighted by Gasteiger charge is 2.17. The van der Waals surface area contributed by atoms with Crippen LogP contribution in [0.3, 0.4) is 0 Å². The van der Waals surface area contributed by atoms with Gasteiger partial charge in [0.15, 0.2) is 11.5 Å². The lowest BCUT2D eigenvalue weighted by atomic mass is 10.2. The smallest absolute Gasteiger partial charge is 0.291 e. The standard InChI is InChI=1S/C16H23N3O5/c1-19(2)7-6-17-16(22-9-8-21-3)18-15(20)12-4-5-13-14(10-12)24-11-23-13/h4-5,10H,6-9,11H2,1-3H3,(H,17,18,20)/p+1. The number of likely N-dealkylation sites (N-methyl/N-ethyl adjacent to an activating group) is 1. The molecule has 0 spiro atoms. The van der Waals surface area contributed by atoms with Gasteiger partial charge < -0.3 is 23.8 Å². The van der Waals surface area contributed by atoms with Crippen LogP contribution >= 0.6 is 0 Å². The molecular formula is C16H24N3O5+. The van der Waals surface area contributed by atoms with Crippen molar-refractivity contribution in [3.05, 3.63) is 23.8 Å². The SMILES string of the molecule is COCCOC(=NCC[NH+](C)C)NC(=O)c1ccc2c(c1)OCO2. The van der Waals surface area contributed by atoms with Gasteiger partial charge in [-0.1, -0.05) is 0 Å². The molecule has 8 heteroatoms. The molecule has 1 heterocycles. The molecule has 1 aliphatic rings. The second-order valence-corrected chi connectivity index (χ2v) is 5.51. The Morgan fingerprint density at radius 1 is 1.29 bits per heavy atom. The fourth-order valence-electron chi connectivity index (χ4n) is 1.93. The van der Waals surface area contributed by atoms with Gasteiger partial charge >= 0.3 is 0 Å². The number of amides is 1. The normalized spacial score (nSPS) is 13.2. The number of carbonyl (C=O) groups is 1. The van der Waals surface area contributed by atoms with Crippen LogP contribution in [0.15, 0.2) is 23.2 Å². The third-order valence-electron chi connectivity index (χ3n) is 3.25. The van der Waals surface area contributed by atoms with Crippen LogP contribution in [0.4, 0.5) is 0 Å². The molecule has 0 unspecified atom stereocenters. The highest BCUT2D eigenvalue weighted by molar-refractivity contribution is 6.04. The van der Waals surface area contributed by atoms with Crippen LogP contribution in [0.5, 0.6) is 11.5 Å². The Morgan fingerprint density at radius 2 is 2.08 bits per heavy atom. The number of fused-ring (bicyclic) bond motifs is 1. The van der Waals surface area contributed by atoms with Crippen molar-refractivity contribution < 1.29 is 28.6 Å². The third kappa shape index (κ3) is 5.39. The Labute approximate surface area is 141 Å². The zero-order chi connectivity index (χ0) is 17.4.